The Morgan fingerprint density at radius 1 is 1.23 bits per heavy atom. The number of aromatic nitrogens is 2. The fraction of sp³-hybridized carbons (Fsp3) is 0.400. The van der Waals surface area contributed by atoms with Crippen molar-refractivity contribution in [2.75, 3.05) is 26.7 Å². The van der Waals surface area contributed by atoms with Gasteiger partial charge in [0.1, 0.15) is 5.82 Å². The number of nitrogens with zero attached hydrogens (tertiary/aromatic N) is 3. The van der Waals surface area contributed by atoms with E-state index in [1.54, 1.807) is 0 Å². The van der Waals surface area contributed by atoms with E-state index in [-0.39, 0.29) is 0 Å². The number of benzene rings is 1. The number of hydrogen-bond donors (Lipinski definition) is 2. The molecule has 0 saturated heterocycles. The molecular formula is C20H27N5S. The highest BCUT2D eigenvalue weighted by Gasteiger charge is 2.06. The zero-order valence-electron chi connectivity index (χ0n) is 15.5. The molecule has 26 heavy (non-hydrogen) atoms. The second kappa shape index (κ2) is 9.38. The van der Waals surface area contributed by atoms with Gasteiger partial charge in [-0.15, -0.1) is 11.3 Å². The second-order valence-electron chi connectivity index (χ2n) is 6.29. The molecule has 0 fully saturated rings. The molecule has 0 saturated carbocycles. The maximum absolute atomic E-state index is 4.78. The van der Waals surface area contributed by atoms with E-state index < -0.39 is 0 Å². The highest BCUT2D eigenvalue weighted by atomic mass is 32.1. The highest BCUT2D eigenvalue weighted by molar-refractivity contribution is 7.09. The number of thiophene rings is 1. The molecule has 3 aromatic rings. The first-order valence-corrected chi connectivity index (χ1v) is 10.1. The largest absolute Gasteiger partial charge is 0.357 e. The Kier molecular flexibility index (Phi) is 6.66. The van der Waals surface area contributed by atoms with E-state index in [4.69, 9.17) is 4.99 Å². The number of aliphatic imine (C=N–C) groups is 1. The maximum Gasteiger partial charge on any atom is 0.193 e. The first-order chi connectivity index (χ1) is 12.8. The van der Waals surface area contributed by atoms with Crippen molar-refractivity contribution in [1.29, 1.82) is 0 Å². The van der Waals surface area contributed by atoms with Gasteiger partial charge in [-0.2, -0.15) is 0 Å². The standard InChI is InChI=1S/C20H27N5S/c1-3-21-20(25(2)14-12-16-8-7-15-26-16)22-13-6-11-19-23-17-9-4-5-10-18(17)24-19/h4-5,7-10,15H,3,6,11-14H2,1-2H3,(H,21,22)(H,23,24). The normalized spacial score (nSPS) is 11.8. The van der Waals surface area contributed by atoms with E-state index in [1.165, 1.54) is 4.88 Å². The summed E-state index contributed by atoms with van der Waals surface area (Å²) in [6.45, 7) is 4.75. The third-order valence-corrected chi connectivity index (χ3v) is 5.18. The minimum absolute atomic E-state index is 0.794. The van der Waals surface area contributed by atoms with Crippen LogP contribution in [0.5, 0.6) is 0 Å². The van der Waals surface area contributed by atoms with Gasteiger partial charge in [-0.1, -0.05) is 18.2 Å². The molecule has 2 aromatic heterocycles. The summed E-state index contributed by atoms with van der Waals surface area (Å²) >= 11 is 1.81. The first-order valence-electron chi connectivity index (χ1n) is 9.21. The predicted octanol–water partition coefficient (Wildman–Crippen LogP) is 3.70. The summed E-state index contributed by atoms with van der Waals surface area (Å²) in [6.07, 6.45) is 2.95. The Bertz CT molecular complexity index is 789. The number of hydrogen-bond acceptors (Lipinski definition) is 3. The Labute approximate surface area is 159 Å². The fourth-order valence-corrected chi connectivity index (χ4v) is 3.56. The van der Waals surface area contributed by atoms with E-state index in [1.807, 2.05) is 29.5 Å². The number of likely N-dealkylation sites (N-methyl/N-ethyl adjacent to an activating group) is 1. The minimum atomic E-state index is 0.794. The zero-order valence-corrected chi connectivity index (χ0v) is 16.4. The lowest BCUT2D eigenvalue weighted by atomic mass is 10.3. The molecule has 0 spiro atoms. The third kappa shape index (κ3) is 5.08. The summed E-state index contributed by atoms with van der Waals surface area (Å²) in [4.78, 5) is 16.4. The van der Waals surface area contributed by atoms with Gasteiger partial charge in [-0.3, -0.25) is 4.99 Å². The third-order valence-electron chi connectivity index (χ3n) is 4.24. The van der Waals surface area contributed by atoms with Crippen molar-refractivity contribution in [3.05, 3.63) is 52.5 Å². The molecule has 0 unspecified atom stereocenters. The van der Waals surface area contributed by atoms with Crippen molar-refractivity contribution in [3.63, 3.8) is 0 Å². The molecule has 1 aromatic carbocycles. The molecule has 0 aliphatic heterocycles. The Morgan fingerprint density at radius 2 is 2.12 bits per heavy atom. The molecule has 2 heterocycles. The summed E-state index contributed by atoms with van der Waals surface area (Å²) in [5.41, 5.74) is 2.14. The van der Waals surface area contributed by atoms with Crippen LogP contribution in [-0.2, 0) is 12.8 Å². The van der Waals surface area contributed by atoms with Gasteiger partial charge in [0, 0.05) is 38.0 Å². The van der Waals surface area contributed by atoms with Crippen molar-refractivity contribution in [3.8, 4) is 0 Å². The van der Waals surface area contributed by atoms with Gasteiger partial charge in [0.2, 0.25) is 0 Å². The predicted molar refractivity (Wildman–Crippen MR) is 111 cm³/mol. The molecular weight excluding hydrogens is 342 g/mol. The Hall–Kier alpha value is -2.34. The van der Waals surface area contributed by atoms with E-state index >= 15 is 0 Å². The van der Waals surface area contributed by atoms with Crippen molar-refractivity contribution in [2.24, 2.45) is 4.99 Å². The molecule has 2 N–H and O–H groups in total. The van der Waals surface area contributed by atoms with Gasteiger partial charge >= 0.3 is 0 Å². The SMILES string of the molecule is CCNC(=NCCCc1nc2ccccc2[nH]1)N(C)CCc1cccs1. The monoisotopic (exact) mass is 369 g/mol. The van der Waals surface area contributed by atoms with Crippen LogP contribution >= 0.6 is 11.3 Å². The van der Waals surface area contributed by atoms with E-state index in [0.29, 0.717) is 0 Å². The summed E-state index contributed by atoms with van der Waals surface area (Å²) < 4.78 is 0. The van der Waals surface area contributed by atoms with Gasteiger partial charge in [0.05, 0.1) is 11.0 Å². The van der Waals surface area contributed by atoms with Crippen molar-refractivity contribution < 1.29 is 0 Å². The van der Waals surface area contributed by atoms with E-state index in [2.05, 4.69) is 57.7 Å². The number of nitrogens with one attached hydrogen (secondary N) is 2. The molecule has 0 radical (unpaired) electrons. The summed E-state index contributed by atoms with van der Waals surface area (Å²) in [6, 6.07) is 12.5. The van der Waals surface area contributed by atoms with Crippen LogP contribution in [0, 0.1) is 0 Å². The van der Waals surface area contributed by atoms with Crippen molar-refractivity contribution in [1.82, 2.24) is 20.2 Å². The topological polar surface area (TPSA) is 56.3 Å². The quantitative estimate of drug-likeness (QED) is 0.362. The van der Waals surface area contributed by atoms with E-state index in [0.717, 1.165) is 61.7 Å². The first kappa shape index (κ1) is 18.5. The van der Waals surface area contributed by atoms with Gasteiger partial charge in [-0.05, 0) is 43.3 Å². The maximum atomic E-state index is 4.78. The van der Waals surface area contributed by atoms with Crippen molar-refractivity contribution in [2.45, 2.75) is 26.2 Å². The smallest absolute Gasteiger partial charge is 0.193 e. The second-order valence-corrected chi connectivity index (χ2v) is 7.32. The van der Waals surface area contributed by atoms with E-state index in [9.17, 15) is 0 Å². The Balaban J connectivity index is 1.49. The highest BCUT2D eigenvalue weighted by Crippen LogP contribution is 2.11. The van der Waals surface area contributed by atoms with Crippen LogP contribution in [0.25, 0.3) is 11.0 Å². The lowest BCUT2D eigenvalue weighted by Gasteiger charge is -2.21. The molecule has 0 bridgehead atoms. The lowest BCUT2D eigenvalue weighted by molar-refractivity contribution is 0.486. The molecule has 0 aliphatic carbocycles. The van der Waals surface area contributed by atoms with Crippen LogP contribution in [0.3, 0.4) is 0 Å². The fourth-order valence-electron chi connectivity index (χ4n) is 2.86. The van der Waals surface area contributed by atoms with Crippen LogP contribution in [0.1, 0.15) is 24.0 Å². The van der Waals surface area contributed by atoms with Gasteiger partial charge < -0.3 is 15.2 Å². The number of aryl methyl sites for hydroxylation is 1. The van der Waals surface area contributed by atoms with Crippen LogP contribution in [0.4, 0.5) is 0 Å². The molecule has 3 rings (SSSR count). The number of H-pyrrole nitrogens is 1. The molecule has 0 aliphatic rings. The molecule has 138 valence electrons. The lowest BCUT2D eigenvalue weighted by Crippen LogP contribution is -2.40. The number of guanidine groups is 1. The van der Waals surface area contributed by atoms with Crippen LogP contribution < -0.4 is 5.32 Å². The molecule has 5 nitrogen and oxygen atoms in total. The molecule has 0 atom stereocenters. The minimum Gasteiger partial charge on any atom is -0.357 e. The average molecular weight is 370 g/mol. The number of fused-ring (bicyclic) bond motifs is 1. The number of aromatic amines is 1. The summed E-state index contributed by atoms with van der Waals surface area (Å²) in [7, 11) is 2.11. The van der Waals surface area contributed by atoms with Crippen molar-refractivity contribution >= 4 is 28.3 Å². The van der Waals surface area contributed by atoms with Gasteiger partial charge in [0.25, 0.3) is 0 Å². The van der Waals surface area contributed by atoms with Crippen LogP contribution in [0.15, 0.2) is 46.8 Å². The van der Waals surface area contributed by atoms with Gasteiger partial charge in [-0.25, -0.2) is 4.98 Å². The summed E-state index contributed by atoms with van der Waals surface area (Å²) in [5, 5.41) is 5.52. The molecule has 0 amide bonds. The summed E-state index contributed by atoms with van der Waals surface area (Å²) in [5.74, 6) is 2.02. The van der Waals surface area contributed by atoms with Crippen LogP contribution in [0.2, 0.25) is 0 Å². The number of rotatable bonds is 8. The number of para-hydroxylation sites is 2. The van der Waals surface area contributed by atoms with Crippen LogP contribution in [-0.4, -0.2) is 47.5 Å². The van der Waals surface area contributed by atoms with Gasteiger partial charge in [0.15, 0.2) is 5.96 Å². The Morgan fingerprint density at radius 3 is 2.88 bits per heavy atom. The zero-order chi connectivity index (χ0) is 18.2. The molecule has 6 heteroatoms. The number of imidazole rings is 1. The average Bonchev–Trinajstić information content (AvgIpc) is 3.31.